The van der Waals surface area contributed by atoms with Gasteiger partial charge in [-0.05, 0) is 43.3 Å². The van der Waals surface area contributed by atoms with E-state index in [0.29, 0.717) is 0 Å². The van der Waals surface area contributed by atoms with Crippen molar-refractivity contribution in [1.82, 2.24) is 0 Å². The van der Waals surface area contributed by atoms with E-state index in [1.165, 1.54) is 6.92 Å². The first-order valence-electron chi connectivity index (χ1n) is 21.4. The SMILES string of the molecule is C=C[Si](CC)(CC)c1ccc(C(=O)OOC(=O)OCC(C)(COC(=O)OOC(=O)c2ccc([Si](C=C)(CC)CC)cc2)COC(=O)OOC(=O)c2ccc([Si](C=C)(CC)CC)cc2)cc1. The Hall–Kier alpha value is -6.25. The van der Waals surface area contributed by atoms with E-state index in [1.807, 2.05) is 53.5 Å². The zero-order valence-electron chi connectivity index (χ0n) is 38.3. The largest absolute Gasteiger partial charge is 0.549 e. The lowest BCUT2D eigenvalue weighted by molar-refractivity contribution is -0.216. The Kier molecular flexibility index (Phi) is 20.2. The van der Waals surface area contributed by atoms with E-state index in [9.17, 15) is 28.8 Å². The fourth-order valence-electron chi connectivity index (χ4n) is 7.27. The Morgan fingerprint density at radius 2 is 0.631 bits per heavy atom. The predicted octanol–water partition coefficient (Wildman–Crippen LogP) is 9.03. The van der Waals surface area contributed by atoms with Gasteiger partial charge in [-0.1, -0.05) is 147 Å². The predicted molar refractivity (Wildman–Crippen MR) is 251 cm³/mol. The third kappa shape index (κ3) is 13.9. The summed E-state index contributed by atoms with van der Waals surface area (Å²) in [6.45, 7) is 23.9. The van der Waals surface area contributed by atoms with Crippen LogP contribution < -0.4 is 15.6 Å². The second-order valence-corrected chi connectivity index (χ2v) is 29.9. The maximum Gasteiger partial charge on any atom is 0.549 e. The van der Waals surface area contributed by atoms with E-state index in [0.717, 1.165) is 51.8 Å². The van der Waals surface area contributed by atoms with Crippen LogP contribution >= 0.6 is 0 Å². The first-order valence-corrected chi connectivity index (χ1v) is 28.9. The molecule has 3 aromatic rings. The van der Waals surface area contributed by atoms with Crippen LogP contribution in [-0.2, 0) is 43.5 Å². The molecule has 0 bridgehead atoms. The Morgan fingerprint density at radius 3 is 0.815 bits per heavy atom. The van der Waals surface area contributed by atoms with E-state index in [-0.39, 0.29) is 16.7 Å². The molecule has 0 aliphatic heterocycles. The van der Waals surface area contributed by atoms with E-state index < -0.39 is 85.8 Å². The van der Waals surface area contributed by atoms with Crippen molar-refractivity contribution in [3.8, 4) is 0 Å². The van der Waals surface area contributed by atoms with Crippen molar-refractivity contribution in [2.45, 2.75) is 84.7 Å². The van der Waals surface area contributed by atoms with Gasteiger partial charge in [0.15, 0.2) is 0 Å². The molecule has 0 radical (unpaired) electrons. The monoisotopic (exact) mass is 948 g/mol. The zero-order valence-corrected chi connectivity index (χ0v) is 41.3. The van der Waals surface area contributed by atoms with Crippen LogP contribution in [0.1, 0.15) is 79.5 Å². The summed E-state index contributed by atoms with van der Waals surface area (Å²) < 4.78 is 15.3. The van der Waals surface area contributed by atoms with Gasteiger partial charge in [-0.2, -0.15) is 14.4 Å². The highest BCUT2D eigenvalue weighted by Crippen LogP contribution is 2.22. The second-order valence-electron chi connectivity index (χ2n) is 15.7. The van der Waals surface area contributed by atoms with E-state index in [4.69, 9.17) is 14.2 Å². The van der Waals surface area contributed by atoms with Crippen molar-refractivity contribution in [3.05, 3.63) is 126 Å². The normalized spacial score (nSPS) is 11.5. The van der Waals surface area contributed by atoms with Gasteiger partial charge in [-0.3, -0.25) is 0 Å². The van der Waals surface area contributed by atoms with Crippen LogP contribution in [0.5, 0.6) is 0 Å². The van der Waals surface area contributed by atoms with E-state index in [1.54, 1.807) is 36.4 Å². The van der Waals surface area contributed by atoms with Crippen LogP contribution in [-0.4, -0.2) is 80.4 Å². The maximum atomic E-state index is 12.7. The molecule has 3 aromatic carbocycles. The summed E-state index contributed by atoms with van der Waals surface area (Å²) in [6, 6.07) is 25.8. The summed E-state index contributed by atoms with van der Waals surface area (Å²) in [5.74, 6) is -2.94. The van der Waals surface area contributed by atoms with Crippen LogP contribution in [0.25, 0.3) is 0 Å². The highest BCUT2D eigenvalue weighted by molar-refractivity contribution is 6.96. The Morgan fingerprint density at radius 1 is 0.415 bits per heavy atom. The number of carbonyl (C=O) groups excluding carboxylic acids is 6. The average molecular weight is 949 g/mol. The van der Waals surface area contributed by atoms with Crippen molar-refractivity contribution in [2.24, 2.45) is 5.41 Å². The molecule has 0 saturated heterocycles. The fourth-order valence-corrected chi connectivity index (χ4v) is 16.1. The zero-order chi connectivity index (χ0) is 48.3. The average Bonchev–Trinajstić information content (AvgIpc) is 3.35. The summed E-state index contributed by atoms with van der Waals surface area (Å²) in [7, 11) is -5.80. The van der Waals surface area contributed by atoms with Gasteiger partial charge >= 0.3 is 36.4 Å². The number of hydrogen-bond acceptors (Lipinski definition) is 15. The summed E-state index contributed by atoms with van der Waals surface area (Å²) in [6.07, 6.45) is -4.42. The Bertz CT molecular complexity index is 1890. The standard InChI is InChI=1S/C47H60O15Si3/c1-11-63(12-2,13-3)38-26-20-35(21-27-38)41(48)57-60-44(51)54-32-47(10,33-55-45(52)61-58-42(49)36-22-28-39(29-23-36)64(14-4,15-5)16-6)34-56-46(53)62-59-43(50)37-24-30-40(31-25-37)65(17-7,18-8)19-9/h11,14,17,20-31H,1,4,7,12-13,15-16,18-19,32-34H2,2-3,5-6,8-10H3. The lowest BCUT2D eigenvalue weighted by atomic mass is 9.94. The fraction of sp³-hybridized carbons (Fsp3) is 0.362. The van der Waals surface area contributed by atoms with Gasteiger partial charge in [0.25, 0.3) is 0 Å². The second kappa shape index (κ2) is 24.7. The van der Waals surface area contributed by atoms with Crippen molar-refractivity contribution in [2.75, 3.05) is 19.8 Å². The Labute approximate surface area is 383 Å². The molecule has 3 rings (SSSR count). The van der Waals surface area contributed by atoms with Crippen molar-refractivity contribution in [3.63, 3.8) is 0 Å². The number of ether oxygens (including phenoxy) is 3. The molecule has 0 N–H and O–H groups in total. The van der Waals surface area contributed by atoms with Gasteiger partial charge in [-0.25, -0.2) is 43.7 Å². The molecule has 65 heavy (non-hydrogen) atoms. The van der Waals surface area contributed by atoms with Crippen molar-refractivity contribution in [1.29, 1.82) is 0 Å². The third-order valence-corrected chi connectivity index (χ3v) is 26.6. The van der Waals surface area contributed by atoms with Gasteiger partial charge in [0, 0.05) is 0 Å². The van der Waals surface area contributed by atoms with Crippen LogP contribution in [0, 0.1) is 5.41 Å². The van der Waals surface area contributed by atoms with Crippen LogP contribution in [0.2, 0.25) is 36.3 Å². The molecule has 0 unspecified atom stereocenters. The minimum Gasteiger partial charge on any atom is -0.431 e. The number of rotatable bonds is 21. The van der Waals surface area contributed by atoms with Crippen LogP contribution in [0.15, 0.2) is 110 Å². The number of carbonyl (C=O) groups is 6. The van der Waals surface area contributed by atoms with Gasteiger partial charge in [0.2, 0.25) is 0 Å². The van der Waals surface area contributed by atoms with Crippen molar-refractivity contribution < 1.29 is 72.3 Å². The topological polar surface area (TPSA) is 185 Å². The summed E-state index contributed by atoms with van der Waals surface area (Å²) in [5.41, 5.74) is 4.74. The maximum absolute atomic E-state index is 12.7. The summed E-state index contributed by atoms with van der Waals surface area (Å²) in [5, 5.41) is 3.24. The highest BCUT2D eigenvalue weighted by Gasteiger charge is 2.34. The molecule has 0 saturated carbocycles. The van der Waals surface area contributed by atoms with E-state index in [2.05, 4.69) is 90.6 Å². The molecular formula is C47H60O15Si3. The molecule has 0 aliphatic carbocycles. The van der Waals surface area contributed by atoms with Crippen molar-refractivity contribution >= 4 is 76.2 Å². The molecule has 0 atom stereocenters. The lowest BCUT2D eigenvalue weighted by Crippen LogP contribution is -2.44. The molecule has 0 spiro atoms. The number of benzene rings is 3. The lowest BCUT2D eigenvalue weighted by Gasteiger charge is -2.26. The van der Waals surface area contributed by atoms with E-state index >= 15 is 0 Å². The molecule has 0 aliphatic rings. The molecule has 0 heterocycles. The molecular weight excluding hydrogens is 889 g/mol. The van der Waals surface area contributed by atoms with Gasteiger partial charge in [0.05, 0.1) is 22.1 Å². The van der Waals surface area contributed by atoms with Gasteiger partial charge in [0.1, 0.15) is 44.0 Å². The van der Waals surface area contributed by atoms with Crippen LogP contribution in [0.4, 0.5) is 14.4 Å². The van der Waals surface area contributed by atoms with Gasteiger partial charge in [-0.15, -0.1) is 19.7 Å². The molecule has 0 aromatic heterocycles. The first kappa shape index (κ1) is 53.1. The van der Waals surface area contributed by atoms with Gasteiger partial charge < -0.3 is 14.2 Å². The summed E-state index contributed by atoms with van der Waals surface area (Å²) in [4.78, 5) is 103. The smallest absolute Gasteiger partial charge is 0.431 e. The number of hydrogen-bond donors (Lipinski definition) is 0. The summed E-state index contributed by atoms with van der Waals surface area (Å²) >= 11 is 0. The highest BCUT2D eigenvalue weighted by atomic mass is 28.3. The minimum absolute atomic E-state index is 0.105. The molecule has 18 heteroatoms. The Balaban J connectivity index is 1.64. The molecule has 0 amide bonds. The quantitative estimate of drug-likeness (QED) is 0.0324. The minimum atomic E-state index is -1.93. The first-order chi connectivity index (χ1) is 31.0. The molecule has 350 valence electrons. The molecule has 15 nitrogen and oxygen atoms in total. The third-order valence-electron chi connectivity index (χ3n) is 12.2. The van der Waals surface area contributed by atoms with Crippen LogP contribution in [0.3, 0.4) is 0 Å². The molecule has 0 fully saturated rings.